The molecule has 1 aliphatic heterocycles. The average Bonchev–Trinajstić information content (AvgIpc) is 3.15. The van der Waals surface area contributed by atoms with Gasteiger partial charge in [0, 0.05) is 6.42 Å². The summed E-state index contributed by atoms with van der Waals surface area (Å²) in [5.41, 5.74) is 3.05. The van der Waals surface area contributed by atoms with Crippen LogP contribution in [0.2, 0.25) is 0 Å². The Kier molecular flexibility index (Phi) is 11.5. The molecule has 1 fully saturated rings. The number of carbonyl (C=O) groups excluding carboxylic acids is 5. The number of ether oxygens (including phenoxy) is 3. The molecule has 218 valence electrons. The lowest BCUT2D eigenvalue weighted by Crippen LogP contribution is -2.39. The molecule has 10 heteroatoms. The van der Waals surface area contributed by atoms with E-state index in [0.717, 1.165) is 16.7 Å². The van der Waals surface area contributed by atoms with E-state index in [9.17, 15) is 34.2 Å². The number of aliphatic hydroxyl groups is 2. The Morgan fingerprint density at radius 3 is 2.35 bits per heavy atom. The molecule has 0 amide bonds. The standard InChI is InChI=1S/C30H38O10/c1-7-17(2)9-8-10-18(3)11-12-20-19(4)25(34)22(15-30(20,5)6)39-24(33)14-13-23(32)38-16-21(31)28-26(35)27(36)29(37)40-28/h7-12,21-22,27-28,31,36H,13-16H2,1-6H3/t21-,22?,27?,28+/m0/s1. The summed E-state index contributed by atoms with van der Waals surface area (Å²) in [5, 5.41) is 19.2. The molecule has 0 spiro atoms. The summed E-state index contributed by atoms with van der Waals surface area (Å²) >= 11 is 0. The van der Waals surface area contributed by atoms with Gasteiger partial charge in [0.15, 0.2) is 18.0 Å². The fourth-order valence-electron chi connectivity index (χ4n) is 4.26. The summed E-state index contributed by atoms with van der Waals surface area (Å²) in [6.07, 6.45) is 5.03. The molecule has 1 heterocycles. The quantitative estimate of drug-likeness (QED) is 0.167. The van der Waals surface area contributed by atoms with Gasteiger partial charge in [-0.15, -0.1) is 0 Å². The van der Waals surface area contributed by atoms with Crippen LogP contribution in [0.15, 0.2) is 58.7 Å². The first-order valence-corrected chi connectivity index (χ1v) is 13.0. The lowest BCUT2D eigenvalue weighted by atomic mass is 9.71. The zero-order valence-corrected chi connectivity index (χ0v) is 23.8. The van der Waals surface area contributed by atoms with Crippen LogP contribution in [0.1, 0.15) is 60.8 Å². The van der Waals surface area contributed by atoms with Crippen LogP contribution in [0, 0.1) is 5.41 Å². The van der Waals surface area contributed by atoms with Crippen molar-refractivity contribution in [3.8, 4) is 0 Å². The van der Waals surface area contributed by atoms with E-state index < -0.39 is 66.5 Å². The van der Waals surface area contributed by atoms with E-state index in [4.69, 9.17) is 9.47 Å². The molecular weight excluding hydrogens is 520 g/mol. The third-order valence-corrected chi connectivity index (χ3v) is 6.77. The fraction of sp³-hybridized carbons (Fsp3) is 0.500. The minimum absolute atomic E-state index is 0.272. The van der Waals surface area contributed by atoms with Crippen molar-refractivity contribution >= 4 is 29.5 Å². The highest BCUT2D eigenvalue weighted by Crippen LogP contribution is 2.40. The summed E-state index contributed by atoms with van der Waals surface area (Å²) in [6, 6.07) is 0. The summed E-state index contributed by atoms with van der Waals surface area (Å²) in [6.45, 7) is 10.9. The van der Waals surface area contributed by atoms with Crippen molar-refractivity contribution < 1.29 is 48.4 Å². The van der Waals surface area contributed by atoms with Crippen LogP contribution in [-0.2, 0) is 38.2 Å². The van der Waals surface area contributed by atoms with Gasteiger partial charge >= 0.3 is 17.9 Å². The molecule has 0 aromatic heterocycles. The molecule has 0 radical (unpaired) electrons. The molecular formula is C30H38O10. The fourth-order valence-corrected chi connectivity index (χ4v) is 4.26. The van der Waals surface area contributed by atoms with Crippen molar-refractivity contribution in [3.05, 3.63) is 58.7 Å². The first-order chi connectivity index (χ1) is 18.7. The molecule has 0 aromatic carbocycles. The number of aliphatic hydroxyl groups excluding tert-OH is 2. The van der Waals surface area contributed by atoms with Crippen LogP contribution < -0.4 is 0 Å². The number of ketones is 2. The molecule has 4 atom stereocenters. The summed E-state index contributed by atoms with van der Waals surface area (Å²) in [4.78, 5) is 60.3. The van der Waals surface area contributed by atoms with Crippen molar-refractivity contribution in [2.75, 3.05) is 6.61 Å². The molecule has 2 rings (SSSR count). The zero-order valence-electron chi connectivity index (χ0n) is 23.8. The molecule has 10 nitrogen and oxygen atoms in total. The van der Waals surface area contributed by atoms with Crippen LogP contribution >= 0.6 is 0 Å². The van der Waals surface area contributed by atoms with Gasteiger partial charge in [-0.3, -0.25) is 19.2 Å². The Morgan fingerprint density at radius 2 is 1.75 bits per heavy atom. The lowest BCUT2D eigenvalue weighted by Gasteiger charge is -2.36. The number of carbonyl (C=O) groups is 5. The van der Waals surface area contributed by atoms with Crippen LogP contribution in [0.4, 0.5) is 0 Å². The maximum Gasteiger partial charge on any atom is 0.343 e. The van der Waals surface area contributed by atoms with Gasteiger partial charge in [-0.05, 0) is 44.3 Å². The number of esters is 3. The monoisotopic (exact) mass is 558 g/mol. The molecule has 0 bridgehead atoms. The molecule has 2 aliphatic rings. The Hall–Kier alpha value is -3.63. The van der Waals surface area contributed by atoms with Gasteiger partial charge in [-0.25, -0.2) is 4.79 Å². The van der Waals surface area contributed by atoms with E-state index >= 15 is 0 Å². The van der Waals surface area contributed by atoms with Gasteiger partial charge in [0.2, 0.25) is 11.9 Å². The van der Waals surface area contributed by atoms with E-state index in [-0.39, 0.29) is 18.6 Å². The van der Waals surface area contributed by atoms with E-state index in [0.29, 0.717) is 5.57 Å². The van der Waals surface area contributed by atoms with Crippen molar-refractivity contribution in [3.63, 3.8) is 0 Å². The predicted molar refractivity (Wildman–Crippen MR) is 145 cm³/mol. The maximum absolute atomic E-state index is 13.0. The van der Waals surface area contributed by atoms with Crippen molar-refractivity contribution in [1.82, 2.24) is 0 Å². The average molecular weight is 559 g/mol. The highest BCUT2D eigenvalue weighted by atomic mass is 16.6. The second kappa shape index (κ2) is 14.1. The Morgan fingerprint density at radius 1 is 1.10 bits per heavy atom. The van der Waals surface area contributed by atoms with Crippen molar-refractivity contribution in [2.24, 2.45) is 5.41 Å². The topological polar surface area (TPSA) is 154 Å². The number of allylic oxidation sites excluding steroid dienone is 9. The van der Waals surface area contributed by atoms with Crippen LogP contribution in [0.5, 0.6) is 0 Å². The van der Waals surface area contributed by atoms with Gasteiger partial charge in [-0.2, -0.15) is 0 Å². The minimum Gasteiger partial charge on any atom is -0.463 e. The smallest absolute Gasteiger partial charge is 0.343 e. The Balaban J connectivity index is 1.91. The summed E-state index contributed by atoms with van der Waals surface area (Å²) < 4.78 is 14.8. The van der Waals surface area contributed by atoms with E-state index in [1.807, 2.05) is 71.1 Å². The van der Waals surface area contributed by atoms with Crippen molar-refractivity contribution in [2.45, 2.75) is 85.2 Å². The molecule has 1 aliphatic carbocycles. The van der Waals surface area contributed by atoms with Gasteiger partial charge in [-0.1, -0.05) is 61.4 Å². The molecule has 1 saturated heterocycles. The first kappa shape index (κ1) is 32.6. The van der Waals surface area contributed by atoms with Crippen LogP contribution in [0.25, 0.3) is 0 Å². The van der Waals surface area contributed by atoms with Gasteiger partial charge in [0.1, 0.15) is 12.7 Å². The third kappa shape index (κ3) is 8.69. The predicted octanol–water partition coefficient (Wildman–Crippen LogP) is 2.78. The lowest BCUT2D eigenvalue weighted by molar-refractivity contribution is -0.160. The Labute approximate surface area is 234 Å². The number of Topliss-reactive ketones (excluding diaryl/α,β-unsaturated/α-hetero) is 2. The number of hydrogen-bond donors (Lipinski definition) is 2. The number of hydrogen-bond acceptors (Lipinski definition) is 10. The second-order valence-electron chi connectivity index (χ2n) is 10.5. The molecule has 0 aromatic rings. The SMILES string of the molecule is CC=C(C)C=CC=C(C)C=CC1=C(C)C(=O)C(OC(=O)CCC(=O)OC[C@H](O)[C@H]2OC(=O)C(O)C2=O)CC1(C)C. The van der Waals surface area contributed by atoms with Crippen LogP contribution in [0.3, 0.4) is 0 Å². The number of rotatable bonds is 11. The summed E-state index contributed by atoms with van der Waals surface area (Å²) in [7, 11) is 0. The van der Waals surface area contributed by atoms with Gasteiger partial charge in [0.05, 0.1) is 12.8 Å². The van der Waals surface area contributed by atoms with E-state index in [1.54, 1.807) is 6.92 Å². The summed E-state index contributed by atoms with van der Waals surface area (Å²) in [5.74, 6) is -4.15. The minimum atomic E-state index is -1.98. The Bertz CT molecular complexity index is 1180. The zero-order chi connectivity index (χ0) is 30.2. The molecule has 0 saturated carbocycles. The number of cyclic esters (lactones) is 1. The van der Waals surface area contributed by atoms with Gasteiger partial charge in [0.25, 0.3) is 0 Å². The third-order valence-electron chi connectivity index (χ3n) is 6.77. The second-order valence-corrected chi connectivity index (χ2v) is 10.5. The molecule has 2 N–H and O–H groups in total. The molecule has 2 unspecified atom stereocenters. The largest absolute Gasteiger partial charge is 0.463 e. The van der Waals surface area contributed by atoms with E-state index in [2.05, 4.69) is 4.74 Å². The van der Waals surface area contributed by atoms with Crippen LogP contribution in [-0.4, -0.2) is 70.7 Å². The highest BCUT2D eigenvalue weighted by Gasteiger charge is 2.46. The maximum atomic E-state index is 13.0. The normalized spacial score (nSPS) is 24.6. The van der Waals surface area contributed by atoms with E-state index in [1.165, 1.54) is 0 Å². The highest BCUT2D eigenvalue weighted by molar-refractivity contribution is 6.09. The van der Waals surface area contributed by atoms with Crippen molar-refractivity contribution in [1.29, 1.82) is 0 Å². The molecule has 40 heavy (non-hydrogen) atoms. The first-order valence-electron chi connectivity index (χ1n) is 13.0. The van der Waals surface area contributed by atoms with Gasteiger partial charge < -0.3 is 24.4 Å².